The molecule has 0 aliphatic rings. The van der Waals surface area contributed by atoms with Crippen LogP contribution in [0.1, 0.15) is 31.1 Å². The molecule has 22 heavy (non-hydrogen) atoms. The van der Waals surface area contributed by atoms with Crippen LogP contribution in [0, 0.1) is 0 Å². The Kier molecular flexibility index (Phi) is 3.90. The summed E-state index contributed by atoms with van der Waals surface area (Å²) in [4.78, 5) is 34.2. The number of fused-ring (bicyclic) bond motifs is 1. The molecule has 0 fully saturated rings. The zero-order valence-corrected chi connectivity index (χ0v) is 12.3. The number of nitrogens with one attached hydrogen (secondary N) is 1. The van der Waals surface area contributed by atoms with Crippen molar-refractivity contribution in [2.45, 2.75) is 26.4 Å². The van der Waals surface area contributed by atoms with Crippen LogP contribution in [0.15, 0.2) is 33.5 Å². The van der Waals surface area contributed by atoms with Crippen molar-refractivity contribution in [2.24, 2.45) is 0 Å². The van der Waals surface area contributed by atoms with Crippen LogP contribution in [-0.4, -0.2) is 22.8 Å². The van der Waals surface area contributed by atoms with Crippen molar-refractivity contribution in [3.8, 4) is 0 Å². The molecule has 0 aliphatic carbocycles. The zero-order chi connectivity index (χ0) is 16.5. The summed E-state index contributed by atoms with van der Waals surface area (Å²) in [5, 5.41) is 11.8. The molecule has 0 saturated heterocycles. The van der Waals surface area contributed by atoms with Crippen molar-refractivity contribution in [2.75, 3.05) is 5.32 Å². The molecule has 1 heterocycles. The van der Waals surface area contributed by atoms with Gasteiger partial charge in [-0.1, -0.05) is 0 Å². The number of anilines is 1. The summed E-state index contributed by atoms with van der Waals surface area (Å²) in [6.07, 6.45) is -0.663. The Bertz CT molecular complexity index is 800. The molecule has 2 N–H and O–H groups in total. The van der Waals surface area contributed by atoms with Gasteiger partial charge in [0.05, 0.1) is 5.56 Å². The van der Waals surface area contributed by atoms with Crippen molar-refractivity contribution in [3.05, 3.63) is 40.2 Å². The Morgan fingerprint density at radius 3 is 2.50 bits per heavy atom. The molecule has 0 atom stereocenters. The van der Waals surface area contributed by atoms with E-state index in [1.54, 1.807) is 20.8 Å². The summed E-state index contributed by atoms with van der Waals surface area (Å²) in [5.41, 5.74) is -1.19. The molecule has 7 nitrogen and oxygen atoms in total. The lowest BCUT2D eigenvalue weighted by Crippen LogP contribution is -2.27. The second-order valence-electron chi connectivity index (χ2n) is 5.62. The SMILES string of the molecule is CC(C)(C)OC(=O)Nc1ccc2c(C(=O)O)cc(=O)oc2c1. The van der Waals surface area contributed by atoms with Crippen LogP contribution in [0.4, 0.5) is 10.5 Å². The number of carbonyl (C=O) groups is 2. The molecule has 0 radical (unpaired) electrons. The van der Waals surface area contributed by atoms with E-state index in [2.05, 4.69) is 5.32 Å². The summed E-state index contributed by atoms with van der Waals surface area (Å²) >= 11 is 0. The number of carboxylic acids is 1. The fourth-order valence-corrected chi connectivity index (χ4v) is 1.84. The number of rotatable bonds is 2. The molecular weight excluding hydrogens is 290 g/mol. The summed E-state index contributed by atoms with van der Waals surface area (Å²) in [7, 11) is 0. The molecule has 7 heteroatoms. The van der Waals surface area contributed by atoms with Crippen LogP contribution in [0.25, 0.3) is 11.0 Å². The number of benzene rings is 1. The first-order valence-corrected chi connectivity index (χ1v) is 6.47. The maximum absolute atomic E-state index is 11.7. The molecule has 0 aliphatic heterocycles. The van der Waals surface area contributed by atoms with Gasteiger partial charge < -0.3 is 14.3 Å². The number of aromatic carboxylic acids is 1. The van der Waals surface area contributed by atoms with Gasteiger partial charge in [0.2, 0.25) is 0 Å². The number of amides is 1. The Hall–Kier alpha value is -2.83. The molecule has 0 saturated carbocycles. The highest BCUT2D eigenvalue weighted by Gasteiger charge is 2.17. The minimum Gasteiger partial charge on any atom is -0.478 e. The fraction of sp³-hybridized carbons (Fsp3) is 0.267. The maximum Gasteiger partial charge on any atom is 0.412 e. The molecule has 0 unspecified atom stereocenters. The average molecular weight is 305 g/mol. The predicted molar refractivity (Wildman–Crippen MR) is 79.3 cm³/mol. The van der Waals surface area contributed by atoms with E-state index in [-0.39, 0.29) is 16.5 Å². The summed E-state index contributed by atoms with van der Waals surface area (Å²) in [5.74, 6) is -1.23. The van der Waals surface area contributed by atoms with E-state index >= 15 is 0 Å². The minimum atomic E-state index is -1.23. The molecular formula is C15H15NO6. The molecule has 0 bridgehead atoms. The van der Waals surface area contributed by atoms with Gasteiger partial charge in [0.1, 0.15) is 11.2 Å². The van der Waals surface area contributed by atoms with Crippen LogP contribution >= 0.6 is 0 Å². The number of ether oxygens (including phenoxy) is 1. The first kappa shape index (κ1) is 15.6. The number of carbonyl (C=O) groups excluding carboxylic acids is 1. The van der Waals surface area contributed by atoms with E-state index < -0.39 is 23.3 Å². The quantitative estimate of drug-likeness (QED) is 0.826. The third kappa shape index (κ3) is 3.63. The predicted octanol–water partition coefficient (Wildman–Crippen LogP) is 2.84. The summed E-state index contributed by atoms with van der Waals surface area (Å²) in [6.45, 7) is 5.18. The van der Waals surface area contributed by atoms with E-state index in [0.717, 1.165) is 6.07 Å². The smallest absolute Gasteiger partial charge is 0.412 e. The van der Waals surface area contributed by atoms with Crippen molar-refractivity contribution >= 4 is 28.7 Å². The fourth-order valence-electron chi connectivity index (χ4n) is 1.84. The van der Waals surface area contributed by atoms with E-state index in [4.69, 9.17) is 14.3 Å². The second-order valence-corrected chi connectivity index (χ2v) is 5.62. The average Bonchev–Trinajstić information content (AvgIpc) is 2.34. The number of hydrogen-bond donors (Lipinski definition) is 2. The number of carboxylic acid groups (broad SMARTS) is 1. The lowest BCUT2D eigenvalue weighted by molar-refractivity contribution is 0.0634. The molecule has 0 spiro atoms. The maximum atomic E-state index is 11.7. The summed E-state index contributed by atoms with van der Waals surface area (Å²) in [6, 6.07) is 5.23. The Labute approximate surface area is 125 Å². The number of hydrogen-bond acceptors (Lipinski definition) is 5. The van der Waals surface area contributed by atoms with Crippen LogP contribution in [0.3, 0.4) is 0 Å². The molecule has 1 aromatic heterocycles. The van der Waals surface area contributed by atoms with Crippen LogP contribution in [-0.2, 0) is 4.74 Å². The molecule has 2 rings (SSSR count). The van der Waals surface area contributed by atoms with E-state index in [1.165, 1.54) is 18.2 Å². The second kappa shape index (κ2) is 5.51. The largest absolute Gasteiger partial charge is 0.478 e. The van der Waals surface area contributed by atoms with Gasteiger partial charge in [-0.15, -0.1) is 0 Å². The summed E-state index contributed by atoms with van der Waals surface area (Å²) < 4.78 is 10.1. The van der Waals surface area contributed by atoms with Crippen molar-refractivity contribution in [3.63, 3.8) is 0 Å². The standard InChI is InChI=1S/C15H15NO6/c1-15(2,3)22-14(20)16-8-4-5-9-10(13(18)19)7-12(17)21-11(9)6-8/h4-7H,1-3H3,(H,16,20)(H,18,19). The van der Waals surface area contributed by atoms with Gasteiger partial charge in [-0.25, -0.2) is 14.4 Å². The molecule has 116 valence electrons. The topological polar surface area (TPSA) is 106 Å². The zero-order valence-electron chi connectivity index (χ0n) is 12.3. The molecule has 1 aromatic carbocycles. The van der Waals surface area contributed by atoms with Crippen molar-refractivity contribution < 1.29 is 23.8 Å². The normalized spacial score (nSPS) is 11.2. The van der Waals surface area contributed by atoms with Gasteiger partial charge in [0.25, 0.3) is 0 Å². The van der Waals surface area contributed by atoms with Crippen LogP contribution in [0.2, 0.25) is 0 Å². The van der Waals surface area contributed by atoms with Gasteiger partial charge >= 0.3 is 17.7 Å². The molecule has 1 amide bonds. The highest BCUT2D eigenvalue weighted by atomic mass is 16.6. The lowest BCUT2D eigenvalue weighted by Gasteiger charge is -2.19. The van der Waals surface area contributed by atoms with Gasteiger partial charge in [-0.2, -0.15) is 0 Å². The van der Waals surface area contributed by atoms with Gasteiger partial charge in [-0.3, -0.25) is 5.32 Å². The van der Waals surface area contributed by atoms with E-state index in [0.29, 0.717) is 5.69 Å². The Morgan fingerprint density at radius 1 is 1.23 bits per heavy atom. The van der Waals surface area contributed by atoms with Gasteiger partial charge in [0, 0.05) is 23.2 Å². The Balaban J connectivity index is 2.37. The lowest BCUT2D eigenvalue weighted by atomic mass is 10.1. The van der Waals surface area contributed by atoms with Crippen LogP contribution in [0.5, 0.6) is 0 Å². The highest BCUT2D eigenvalue weighted by Crippen LogP contribution is 2.22. The molecule has 2 aromatic rings. The Morgan fingerprint density at radius 2 is 1.91 bits per heavy atom. The van der Waals surface area contributed by atoms with Crippen molar-refractivity contribution in [1.29, 1.82) is 0 Å². The minimum absolute atomic E-state index is 0.0680. The third-order valence-corrected chi connectivity index (χ3v) is 2.62. The van der Waals surface area contributed by atoms with Crippen LogP contribution < -0.4 is 10.9 Å². The van der Waals surface area contributed by atoms with E-state index in [9.17, 15) is 14.4 Å². The first-order valence-electron chi connectivity index (χ1n) is 6.47. The highest BCUT2D eigenvalue weighted by molar-refractivity contribution is 6.02. The first-order chi connectivity index (χ1) is 10.2. The van der Waals surface area contributed by atoms with E-state index in [1.807, 2.05) is 0 Å². The monoisotopic (exact) mass is 305 g/mol. The van der Waals surface area contributed by atoms with Gasteiger partial charge in [0.15, 0.2) is 0 Å². The third-order valence-electron chi connectivity index (χ3n) is 2.62. The van der Waals surface area contributed by atoms with Gasteiger partial charge in [-0.05, 0) is 32.9 Å². The van der Waals surface area contributed by atoms with Crippen molar-refractivity contribution in [1.82, 2.24) is 0 Å².